The number of nitrogens with zero attached hydrogens (tertiary/aromatic N) is 2. The summed E-state index contributed by atoms with van der Waals surface area (Å²) in [6, 6.07) is 4.26. The third-order valence-electron chi connectivity index (χ3n) is 4.95. The zero-order valence-electron chi connectivity index (χ0n) is 13.3. The molecule has 0 bridgehead atoms. The Bertz CT molecular complexity index is 454. The van der Waals surface area contributed by atoms with Crippen LogP contribution in [0.1, 0.15) is 37.7 Å². The predicted octanol–water partition coefficient (Wildman–Crippen LogP) is 2.56. The lowest BCUT2D eigenvalue weighted by Crippen LogP contribution is -2.47. The second-order valence-electron chi connectivity index (χ2n) is 6.25. The standard InChI is InChI=1S/C16H24N2O.CH2O2/c1-19-15-4-2-7-16(15)8-3-11-18(13-16)12-14-5-9-17-10-6-14;2-1-3/h5-6,9-10,15H,2-4,7-8,11-13H2,1H3;1H,(H,2,3)/t15-,16-;/m1./s1. The third-order valence-corrected chi connectivity index (χ3v) is 4.95. The molecular formula is C17H26N2O3. The van der Waals surface area contributed by atoms with Gasteiger partial charge in [0.2, 0.25) is 0 Å². The third kappa shape index (κ3) is 4.05. The number of hydrogen-bond acceptors (Lipinski definition) is 4. The lowest BCUT2D eigenvalue weighted by Gasteiger charge is -2.43. The summed E-state index contributed by atoms with van der Waals surface area (Å²) in [6.07, 6.45) is 10.8. The summed E-state index contributed by atoms with van der Waals surface area (Å²) in [6.45, 7) is 3.23. The summed E-state index contributed by atoms with van der Waals surface area (Å²) < 4.78 is 5.77. The fraction of sp³-hybridized carbons (Fsp3) is 0.647. The second kappa shape index (κ2) is 8.25. The van der Waals surface area contributed by atoms with Crippen LogP contribution in [0.3, 0.4) is 0 Å². The highest BCUT2D eigenvalue weighted by atomic mass is 16.5. The molecule has 0 amide bonds. The minimum Gasteiger partial charge on any atom is -0.483 e. The van der Waals surface area contributed by atoms with Crippen molar-refractivity contribution in [1.29, 1.82) is 0 Å². The molecule has 2 heterocycles. The molecule has 1 saturated heterocycles. The van der Waals surface area contributed by atoms with Crippen molar-refractivity contribution < 1.29 is 14.6 Å². The number of methoxy groups -OCH3 is 1. The number of rotatable bonds is 3. The Balaban J connectivity index is 0.000000545. The second-order valence-corrected chi connectivity index (χ2v) is 6.25. The molecule has 2 aliphatic rings. The van der Waals surface area contributed by atoms with Gasteiger partial charge in [0.15, 0.2) is 0 Å². The topological polar surface area (TPSA) is 62.7 Å². The van der Waals surface area contributed by atoms with Gasteiger partial charge in [0.05, 0.1) is 6.10 Å². The Morgan fingerprint density at radius 3 is 2.77 bits per heavy atom. The van der Waals surface area contributed by atoms with Gasteiger partial charge in [-0.15, -0.1) is 0 Å². The highest BCUT2D eigenvalue weighted by molar-refractivity contribution is 5.32. The van der Waals surface area contributed by atoms with Gasteiger partial charge in [-0.05, 0) is 49.9 Å². The highest BCUT2D eigenvalue weighted by Crippen LogP contribution is 2.46. The van der Waals surface area contributed by atoms with E-state index in [-0.39, 0.29) is 6.47 Å². The van der Waals surface area contributed by atoms with Crippen molar-refractivity contribution in [1.82, 2.24) is 9.88 Å². The molecule has 1 saturated carbocycles. The zero-order valence-corrected chi connectivity index (χ0v) is 13.3. The fourth-order valence-corrected chi connectivity index (χ4v) is 4.08. The van der Waals surface area contributed by atoms with E-state index in [1.165, 1.54) is 50.8 Å². The van der Waals surface area contributed by atoms with Gasteiger partial charge in [-0.1, -0.05) is 6.42 Å². The van der Waals surface area contributed by atoms with Gasteiger partial charge in [0.1, 0.15) is 0 Å². The molecule has 1 aromatic rings. The van der Waals surface area contributed by atoms with Crippen LogP contribution in [0.15, 0.2) is 24.5 Å². The van der Waals surface area contributed by atoms with Gasteiger partial charge < -0.3 is 9.84 Å². The van der Waals surface area contributed by atoms with Crippen LogP contribution in [0.25, 0.3) is 0 Å². The van der Waals surface area contributed by atoms with E-state index in [9.17, 15) is 0 Å². The smallest absolute Gasteiger partial charge is 0.290 e. The van der Waals surface area contributed by atoms with E-state index in [0.717, 1.165) is 6.54 Å². The minimum atomic E-state index is -0.250. The molecule has 3 rings (SSSR count). The Morgan fingerprint density at radius 2 is 2.09 bits per heavy atom. The van der Waals surface area contributed by atoms with Gasteiger partial charge in [0, 0.05) is 38.0 Å². The number of likely N-dealkylation sites (tertiary alicyclic amines) is 1. The average Bonchev–Trinajstić information content (AvgIpc) is 2.91. The van der Waals surface area contributed by atoms with Crippen molar-refractivity contribution in [2.75, 3.05) is 20.2 Å². The number of aromatic nitrogens is 1. The van der Waals surface area contributed by atoms with E-state index in [0.29, 0.717) is 11.5 Å². The monoisotopic (exact) mass is 306 g/mol. The van der Waals surface area contributed by atoms with Crippen LogP contribution in [0.4, 0.5) is 0 Å². The van der Waals surface area contributed by atoms with Crippen molar-refractivity contribution in [3.63, 3.8) is 0 Å². The van der Waals surface area contributed by atoms with Gasteiger partial charge in [-0.2, -0.15) is 0 Å². The number of carboxylic acid groups (broad SMARTS) is 1. The molecule has 1 aromatic heterocycles. The van der Waals surface area contributed by atoms with Crippen molar-refractivity contribution in [3.8, 4) is 0 Å². The van der Waals surface area contributed by atoms with Crippen molar-refractivity contribution >= 4 is 6.47 Å². The highest BCUT2D eigenvalue weighted by Gasteiger charge is 2.45. The molecular weight excluding hydrogens is 280 g/mol. The molecule has 1 N–H and O–H groups in total. The molecule has 22 heavy (non-hydrogen) atoms. The number of carbonyl (C=O) groups is 1. The molecule has 2 atom stereocenters. The SMILES string of the molecule is CO[C@@H]1CCC[C@]12CCCN(Cc1ccncc1)C2.O=CO. The summed E-state index contributed by atoms with van der Waals surface area (Å²) in [5.41, 5.74) is 1.80. The van der Waals surface area contributed by atoms with Crippen molar-refractivity contribution in [2.45, 2.75) is 44.8 Å². The first-order chi connectivity index (χ1) is 10.7. The molecule has 0 radical (unpaired) electrons. The number of ether oxygens (including phenoxy) is 1. The van der Waals surface area contributed by atoms with Gasteiger partial charge in [-0.25, -0.2) is 0 Å². The van der Waals surface area contributed by atoms with E-state index in [1.807, 2.05) is 19.5 Å². The quantitative estimate of drug-likeness (QED) is 0.870. The molecule has 0 aromatic carbocycles. The van der Waals surface area contributed by atoms with Crippen LogP contribution >= 0.6 is 0 Å². The summed E-state index contributed by atoms with van der Waals surface area (Å²) in [7, 11) is 1.89. The summed E-state index contributed by atoms with van der Waals surface area (Å²) >= 11 is 0. The van der Waals surface area contributed by atoms with E-state index < -0.39 is 0 Å². The maximum Gasteiger partial charge on any atom is 0.290 e. The summed E-state index contributed by atoms with van der Waals surface area (Å²) in [5, 5.41) is 6.89. The first kappa shape index (κ1) is 16.9. The zero-order chi connectivity index (χ0) is 15.8. The lowest BCUT2D eigenvalue weighted by molar-refractivity contribution is -0.122. The molecule has 5 nitrogen and oxygen atoms in total. The molecule has 122 valence electrons. The minimum absolute atomic E-state index is 0.250. The van der Waals surface area contributed by atoms with Crippen LogP contribution in [-0.2, 0) is 16.1 Å². The van der Waals surface area contributed by atoms with Crippen molar-refractivity contribution in [3.05, 3.63) is 30.1 Å². The van der Waals surface area contributed by atoms with E-state index in [2.05, 4.69) is 22.0 Å². The normalized spacial score (nSPS) is 28.1. The van der Waals surface area contributed by atoms with Crippen molar-refractivity contribution in [2.24, 2.45) is 5.41 Å². The Hall–Kier alpha value is -1.46. The fourth-order valence-electron chi connectivity index (χ4n) is 4.08. The number of hydrogen-bond donors (Lipinski definition) is 1. The molecule has 2 fully saturated rings. The largest absolute Gasteiger partial charge is 0.483 e. The van der Waals surface area contributed by atoms with E-state index in [4.69, 9.17) is 14.6 Å². The molecule has 1 spiro atoms. The Kier molecular flexibility index (Phi) is 6.34. The van der Waals surface area contributed by atoms with Crippen LogP contribution < -0.4 is 0 Å². The predicted molar refractivity (Wildman–Crippen MR) is 84.5 cm³/mol. The average molecular weight is 306 g/mol. The van der Waals surface area contributed by atoms with Crippen LogP contribution in [-0.4, -0.2) is 47.8 Å². The first-order valence-corrected chi connectivity index (χ1v) is 7.96. The Labute approximate surface area is 132 Å². The number of pyridine rings is 1. The maximum absolute atomic E-state index is 8.36. The first-order valence-electron chi connectivity index (χ1n) is 7.96. The van der Waals surface area contributed by atoms with Gasteiger partial charge >= 0.3 is 0 Å². The molecule has 1 aliphatic heterocycles. The summed E-state index contributed by atoms with van der Waals surface area (Å²) in [5.74, 6) is 0. The number of piperidine rings is 1. The molecule has 1 aliphatic carbocycles. The van der Waals surface area contributed by atoms with Gasteiger partial charge in [0.25, 0.3) is 6.47 Å². The van der Waals surface area contributed by atoms with E-state index >= 15 is 0 Å². The van der Waals surface area contributed by atoms with Crippen LogP contribution in [0, 0.1) is 5.41 Å². The lowest BCUT2D eigenvalue weighted by atomic mass is 9.76. The van der Waals surface area contributed by atoms with Gasteiger partial charge in [-0.3, -0.25) is 14.7 Å². The maximum atomic E-state index is 8.36. The summed E-state index contributed by atoms with van der Waals surface area (Å²) in [4.78, 5) is 15.1. The molecule has 0 unspecified atom stereocenters. The van der Waals surface area contributed by atoms with Crippen LogP contribution in [0.2, 0.25) is 0 Å². The van der Waals surface area contributed by atoms with E-state index in [1.54, 1.807) is 0 Å². The molecule has 5 heteroatoms. The van der Waals surface area contributed by atoms with Crippen LogP contribution in [0.5, 0.6) is 0 Å². The Morgan fingerprint density at radius 1 is 1.41 bits per heavy atom.